The zero-order valence-corrected chi connectivity index (χ0v) is 23.6. The first-order chi connectivity index (χ1) is 18.9. The largest absolute Gasteiger partial charge is 0.341 e. The molecule has 1 aromatic carbocycles. The lowest BCUT2D eigenvalue weighted by atomic mass is 10.1. The van der Waals surface area contributed by atoms with E-state index in [4.69, 9.17) is 15.3 Å². The predicted molar refractivity (Wildman–Crippen MR) is 153 cm³/mol. The van der Waals surface area contributed by atoms with Crippen molar-refractivity contribution in [3.05, 3.63) is 56.6 Å². The van der Waals surface area contributed by atoms with Crippen LogP contribution in [0.4, 0.5) is 5.95 Å². The summed E-state index contributed by atoms with van der Waals surface area (Å²) in [5.41, 5.74) is 7.54. The first kappa shape index (κ1) is 28.9. The molecule has 1 aliphatic heterocycles. The lowest BCUT2D eigenvalue weighted by Gasteiger charge is -2.31. The Bertz CT molecular complexity index is 1860. The Hall–Kier alpha value is -4.06. The highest BCUT2D eigenvalue weighted by Crippen LogP contribution is 2.23. The molecule has 0 amide bonds. The normalized spacial score (nSPS) is 15.4. The van der Waals surface area contributed by atoms with Crippen molar-refractivity contribution >= 4 is 38.1 Å². The van der Waals surface area contributed by atoms with E-state index in [2.05, 4.69) is 26.7 Å². The number of hydrogen-bond donors (Lipinski definition) is 2. The van der Waals surface area contributed by atoms with Gasteiger partial charge in [0.1, 0.15) is 5.82 Å². The molecule has 0 unspecified atom stereocenters. The molecule has 0 aliphatic carbocycles. The van der Waals surface area contributed by atoms with Gasteiger partial charge in [0.25, 0.3) is 15.7 Å². The van der Waals surface area contributed by atoms with Crippen LogP contribution in [0.1, 0.15) is 31.3 Å². The van der Waals surface area contributed by atoms with Crippen LogP contribution in [0, 0.1) is 18.8 Å². The highest BCUT2D eigenvalue weighted by Gasteiger charge is 2.26. The first-order valence-electron chi connectivity index (χ1n) is 12.6. The quantitative estimate of drug-likeness (QED) is 0.263. The fourth-order valence-corrected chi connectivity index (χ4v) is 4.75. The van der Waals surface area contributed by atoms with Gasteiger partial charge >= 0.3 is 5.69 Å². The van der Waals surface area contributed by atoms with E-state index < -0.39 is 21.4 Å². The Morgan fingerprint density at radius 1 is 1.15 bits per heavy atom. The van der Waals surface area contributed by atoms with Gasteiger partial charge in [0, 0.05) is 37.3 Å². The topological polar surface area (TPSA) is 171 Å². The average molecular weight is 569 g/mol. The highest BCUT2D eigenvalue weighted by atomic mass is 32.2. The molecule has 1 aliphatic rings. The van der Waals surface area contributed by atoms with E-state index in [0.29, 0.717) is 35.7 Å². The summed E-state index contributed by atoms with van der Waals surface area (Å²) in [4.78, 5) is 43.0. The van der Waals surface area contributed by atoms with Gasteiger partial charge in [0.05, 0.1) is 24.9 Å². The molecule has 13 nitrogen and oxygen atoms in total. The van der Waals surface area contributed by atoms with Gasteiger partial charge in [0.2, 0.25) is 5.95 Å². The number of fused-ring (bicyclic) bond motifs is 2. The van der Waals surface area contributed by atoms with Crippen molar-refractivity contribution in [2.24, 2.45) is 12.8 Å². The molecule has 5 rings (SSSR count). The average Bonchev–Trinajstić information content (AvgIpc) is 3.27. The van der Waals surface area contributed by atoms with Gasteiger partial charge in [-0.25, -0.2) is 14.8 Å². The molecule has 212 valence electrons. The summed E-state index contributed by atoms with van der Waals surface area (Å²) < 4.78 is 30.3. The third-order valence-corrected chi connectivity index (χ3v) is 6.51. The van der Waals surface area contributed by atoms with Crippen LogP contribution in [0.3, 0.4) is 0 Å². The molecule has 1 saturated heterocycles. The number of nitrogens with zero attached hydrogens (tertiary/aromatic N) is 7. The maximum Gasteiger partial charge on any atom is 0.332 e. The highest BCUT2D eigenvalue weighted by molar-refractivity contribution is 7.85. The van der Waals surface area contributed by atoms with Crippen LogP contribution in [0.15, 0.2) is 33.9 Å². The van der Waals surface area contributed by atoms with Crippen molar-refractivity contribution in [2.45, 2.75) is 45.8 Å². The number of benzene rings is 1. The second-order valence-corrected chi connectivity index (χ2v) is 11.1. The molecule has 4 aromatic rings. The molecule has 1 atom stereocenters. The Morgan fingerprint density at radius 2 is 1.85 bits per heavy atom. The Labute approximate surface area is 231 Å². The molecule has 1 fully saturated rings. The van der Waals surface area contributed by atoms with Gasteiger partial charge in [-0.15, -0.1) is 5.92 Å². The molecule has 4 heterocycles. The van der Waals surface area contributed by atoms with Gasteiger partial charge in [-0.05, 0) is 32.8 Å². The third kappa shape index (κ3) is 6.22. The van der Waals surface area contributed by atoms with Crippen LogP contribution in [0.2, 0.25) is 0 Å². The molecule has 0 radical (unpaired) electrons. The van der Waals surface area contributed by atoms with Crippen LogP contribution in [0.25, 0.3) is 22.1 Å². The van der Waals surface area contributed by atoms with Crippen LogP contribution in [-0.2, 0) is 30.3 Å². The third-order valence-electron chi connectivity index (χ3n) is 6.51. The summed E-state index contributed by atoms with van der Waals surface area (Å²) in [6, 6.07) is 7.71. The van der Waals surface area contributed by atoms with Crippen molar-refractivity contribution in [1.29, 1.82) is 0 Å². The molecule has 40 heavy (non-hydrogen) atoms. The Morgan fingerprint density at radius 3 is 2.52 bits per heavy atom. The van der Waals surface area contributed by atoms with Crippen LogP contribution in [-0.4, -0.2) is 67.0 Å². The molecule has 3 aromatic heterocycles. The first-order valence-corrected chi connectivity index (χ1v) is 14.5. The van der Waals surface area contributed by atoms with E-state index in [1.165, 1.54) is 9.13 Å². The number of nitrogens with two attached hydrogens (primary N) is 1. The van der Waals surface area contributed by atoms with E-state index in [9.17, 15) is 18.0 Å². The number of piperidine rings is 1. The Kier molecular flexibility index (Phi) is 8.38. The molecular formula is C26H32N8O5S. The summed E-state index contributed by atoms with van der Waals surface area (Å²) in [5.74, 6) is 6.96. The monoisotopic (exact) mass is 568 g/mol. The minimum atomic E-state index is -3.67. The summed E-state index contributed by atoms with van der Waals surface area (Å²) in [6.07, 6.45) is 2.60. The zero-order valence-electron chi connectivity index (χ0n) is 22.8. The smallest absolute Gasteiger partial charge is 0.332 e. The second kappa shape index (κ2) is 11.6. The summed E-state index contributed by atoms with van der Waals surface area (Å²) in [5, 5.41) is 0.938. The number of imidazole rings is 1. The van der Waals surface area contributed by atoms with E-state index in [-0.39, 0.29) is 19.1 Å². The minimum absolute atomic E-state index is 0.0306. The van der Waals surface area contributed by atoms with E-state index in [0.717, 1.165) is 36.0 Å². The summed E-state index contributed by atoms with van der Waals surface area (Å²) in [7, 11) is -2.04. The lowest BCUT2D eigenvalue weighted by molar-refractivity contribution is 0.490. The van der Waals surface area contributed by atoms with Crippen molar-refractivity contribution in [2.75, 3.05) is 24.2 Å². The molecule has 0 bridgehead atoms. The van der Waals surface area contributed by atoms with Gasteiger partial charge in [-0.1, -0.05) is 24.1 Å². The molecule has 0 saturated carbocycles. The van der Waals surface area contributed by atoms with Crippen LogP contribution >= 0.6 is 0 Å². The van der Waals surface area contributed by atoms with Gasteiger partial charge in [0.15, 0.2) is 11.2 Å². The maximum absolute atomic E-state index is 13.7. The second-order valence-electron chi connectivity index (χ2n) is 9.65. The number of aromatic nitrogens is 6. The Balaban J connectivity index is 0.000000681. The number of hydrogen-bond acceptors (Lipinski definition) is 9. The molecule has 14 heteroatoms. The van der Waals surface area contributed by atoms with Gasteiger partial charge in [-0.2, -0.15) is 13.4 Å². The number of rotatable bonds is 4. The van der Waals surface area contributed by atoms with Crippen molar-refractivity contribution < 1.29 is 13.0 Å². The molecular weight excluding hydrogens is 536 g/mol. The fourth-order valence-electron chi connectivity index (χ4n) is 4.75. The summed E-state index contributed by atoms with van der Waals surface area (Å²) >= 11 is 0. The van der Waals surface area contributed by atoms with Crippen LogP contribution < -0.4 is 21.9 Å². The van der Waals surface area contributed by atoms with Crippen molar-refractivity contribution in [3.63, 3.8) is 0 Å². The minimum Gasteiger partial charge on any atom is -0.341 e. The number of aryl methyl sites for hydroxylation is 2. The van der Waals surface area contributed by atoms with Gasteiger partial charge < -0.3 is 10.6 Å². The molecule has 0 spiro atoms. The van der Waals surface area contributed by atoms with E-state index in [1.807, 2.05) is 31.2 Å². The maximum atomic E-state index is 13.7. The number of para-hydroxylation sites is 1. The lowest BCUT2D eigenvalue weighted by Crippen LogP contribution is -2.44. The van der Waals surface area contributed by atoms with E-state index >= 15 is 0 Å². The fraction of sp³-hybridized carbons (Fsp3) is 0.423. The van der Waals surface area contributed by atoms with Crippen molar-refractivity contribution in [1.82, 2.24) is 28.7 Å². The molecule has 3 N–H and O–H groups in total. The zero-order chi connectivity index (χ0) is 29.2. The van der Waals surface area contributed by atoms with Crippen molar-refractivity contribution in [3.8, 4) is 11.8 Å². The van der Waals surface area contributed by atoms with Gasteiger partial charge in [-0.3, -0.25) is 23.0 Å². The standard InChI is InChI=1S/C25H28N8O2.CH4O3S/c1-4-5-13-32-21-22(29-24(32)31-12-8-9-17(26)14-31)30(3)25(35)33(23(21)34)15-20-27-16(2)18-10-6-7-11-19(18)28-20;1-5(2,3)4/h6-7,10-11,17H,8-9,12-15,26H2,1-3H3;1H3,(H,2,3,4)/t17-;/m1./s1. The number of anilines is 1. The summed E-state index contributed by atoms with van der Waals surface area (Å²) in [6.45, 7) is 5.31. The predicted octanol–water partition coefficient (Wildman–Crippen LogP) is 0.651. The van der Waals surface area contributed by atoms with E-state index in [1.54, 1.807) is 18.5 Å². The van der Waals surface area contributed by atoms with Crippen LogP contribution in [0.5, 0.6) is 0 Å². The SMILES string of the molecule is CC#CCn1c(N2CCC[C@@H](N)C2)nc2c1c(=O)n(Cc1nc(C)c3ccccc3n1)c(=O)n2C.CS(=O)(=O)O.